The second kappa shape index (κ2) is 5.88. The molecule has 6 heteroatoms. The number of hydrogen-bond donors (Lipinski definition) is 1. The van der Waals surface area contributed by atoms with E-state index in [9.17, 15) is 14.5 Å². The number of nitrogens with one attached hydrogen (secondary N) is 1. The molecule has 0 aliphatic heterocycles. The summed E-state index contributed by atoms with van der Waals surface area (Å²) >= 11 is 5.63. The van der Waals surface area contributed by atoms with Crippen molar-refractivity contribution in [2.45, 2.75) is 13.0 Å². The van der Waals surface area contributed by atoms with Gasteiger partial charge < -0.3 is 5.32 Å². The molecule has 1 atom stereocenters. The minimum atomic E-state index is -0.489. The normalized spacial score (nSPS) is 11.9. The molecule has 4 nitrogen and oxygen atoms in total. The average molecular weight is 295 g/mol. The summed E-state index contributed by atoms with van der Waals surface area (Å²) in [5, 5.41) is 13.9. The fourth-order valence-corrected chi connectivity index (χ4v) is 1.94. The number of halogens is 2. The molecule has 1 unspecified atom stereocenters. The molecule has 0 heterocycles. The molecular weight excluding hydrogens is 283 g/mol. The maximum atomic E-state index is 13.4. The number of nitro benzene ring substituents is 1. The van der Waals surface area contributed by atoms with Gasteiger partial charge in [0.2, 0.25) is 0 Å². The van der Waals surface area contributed by atoms with E-state index in [0.717, 1.165) is 0 Å². The van der Waals surface area contributed by atoms with Gasteiger partial charge in [0.25, 0.3) is 5.69 Å². The van der Waals surface area contributed by atoms with E-state index in [0.29, 0.717) is 11.3 Å². The molecule has 20 heavy (non-hydrogen) atoms. The molecule has 0 bridgehead atoms. The number of non-ortho nitro benzene ring substituents is 1. The van der Waals surface area contributed by atoms with Crippen molar-refractivity contribution in [2.24, 2.45) is 0 Å². The number of hydrogen-bond acceptors (Lipinski definition) is 3. The van der Waals surface area contributed by atoms with Crippen molar-refractivity contribution < 1.29 is 9.31 Å². The Hall–Kier alpha value is -2.14. The molecule has 2 aromatic carbocycles. The van der Waals surface area contributed by atoms with Crippen LogP contribution in [0.5, 0.6) is 0 Å². The Morgan fingerprint density at radius 1 is 1.30 bits per heavy atom. The monoisotopic (exact) mass is 294 g/mol. The van der Waals surface area contributed by atoms with Crippen LogP contribution in [0.15, 0.2) is 42.5 Å². The minimum absolute atomic E-state index is 0.00415. The number of nitrogens with zero attached hydrogens (tertiary/aromatic N) is 1. The van der Waals surface area contributed by atoms with Gasteiger partial charge in [-0.15, -0.1) is 0 Å². The Bertz CT molecular complexity index is 649. The van der Waals surface area contributed by atoms with Crippen LogP contribution >= 0.6 is 11.6 Å². The SMILES string of the molecule is CC(Nc1cccc([N+](=O)[O-])c1)c1ccc(Cl)c(F)c1. The standard InChI is InChI=1S/C14H12ClFN2O2/c1-9(10-5-6-13(15)14(16)7-10)17-11-3-2-4-12(8-11)18(19)20/h2-9,17H,1H3. The molecule has 0 radical (unpaired) electrons. The van der Waals surface area contributed by atoms with Gasteiger partial charge in [-0.2, -0.15) is 0 Å². The van der Waals surface area contributed by atoms with E-state index < -0.39 is 10.7 Å². The lowest BCUT2D eigenvalue weighted by molar-refractivity contribution is -0.384. The van der Waals surface area contributed by atoms with Crippen LogP contribution in [-0.4, -0.2) is 4.92 Å². The molecule has 0 amide bonds. The molecule has 1 N–H and O–H groups in total. The first-order valence-corrected chi connectivity index (χ1v) is 6.31. The maximum absolute atomic E-state index is 13.4. The Kier molecular flexibility index (Phi) is 4.20. The summed E-state index contributed by atoms with van der Waals surface area (Å²) in [6.07, 6.45) is 0. The highest BCUT2D eigenvalue weighted by Crippen LogP contribution is 2.25. The van der Waals surface area contributed by atoms with Crippen LogP contribution in [0.25, 0.3) is 0 Å². The predicted octanol–water partition coefficient (Wildman–Crippen LogP) is 4.56. The molecule has 0 aliphatic rings. The zero-order chi connectivity index (χ0) is 14.7. The van der Waals surface area contributed by atoms with Crippen LogP contribution in [0.3, 0.4) is 0 Å². The predicted molar refractivity (Wildman–Crippen MR) is 76.5 cm³/mol. The Balaban J connectivity index is 2.18. The lowest BCUT2D eigenvalue weighted by Crippen LogP contribution is -2.07. The van der Waals surface area contributed by atoms with Crippen LogP contribution in [0.4, 0.5) is 15.8 Å². The molecule has 2 rings (SSSR count). The number of benzene rings is 2. The number of nitro groups is 1. The lowest BCUT2D eigenvalue weighted by Gasteiger charge is -2.16. The van der Waals surface area contributed by atoms with Gasteiger partial charge in [0.15, 0.2) is 0 Å². The van der Waals surface area contributed by atoms with Crippen LogP contribution in [0, 0.1) is 15.9 Å². The van der Waals surface area contributed by atoms with E-state index >= 15 is 0 Å². The van der Waals surface area contributed by atoms with Gasteiger partial charge in [0.1, 0.15) is 5.82 Å². The molecule has 0 aromatic heterocycles. The van der Waals surface area contributed by atoms with E-state index in [4.69, 9.17) is 11.6 Å². The van der Waals surface area contributed by atoms with Crippen molar-refractivity contribution in [3.05, 3.63) is 69.0 Å². The second-order valence-electron chi connectivity index (χ2n) is 4.35. The summed E-state index contributed by atoms with van der Waals surface area (Å²) in [5.74, 6) is -0.489. The van der Waals surface area contributed by atoms with Crippen molar-refractivity contribution in [1.29, 1.82) is 0 Å². The van der Waals surface area contributed by atoms with Crippen molar-refractivity contribution in [3.63, 3.8) is 0 Å². The van der Waals surface area contributed by atoms with Crippen LogP contribution in [-0.2, 0) is 0 Å². The zero-order valence-corrected chi connectivity index (χ0v) is 11.4. The summed E-state index contributed by atoms with van der Waals surface area (Å²) in [5.41, 5.74) is 1.31. The van der Waals surface area contributed by atoms with Crippen LogP contribution in [0.2, 0.25) is 5.02 Å². The quantitative estimate of drug-likeness (QED) is 0.664. The highest BCUT2D eigenvalue weighted by Gasteiger charge is 2.10. The van der Waals surface area contributed by atoms with Gasteiger partial charge in [-0.05, 0) is 30.7 Å². The highest BCUT2D eigenvalue weighted by molar-refractivity contribution is 6.30. The third kappa shape index (κ3) is 3.24. The zero-order valence-electron chi connectivity index (χ0n) is 10.6. The molecule has 2 aromatic rings. The van der Waals surface area contributed by atoms with Crippen LogP contribution in [0.1, 0.15) is 18.5 Å². The van der Waals surface area contributed by atoms with Crippen molar-refractivity contribution >= 4 is 23.0 Å². The number of anilines is 1. The summed E-state index contributed by atoms with van der Waals surface area (Å²) < 4.78 is 13.4. The fraction of sp³-hybridized carbons (Fsp3) is 0.143. The largest absolute Gasteiger partial charge is 0.378 e. The number of rotatable bonds is 4. The Morgan fingerprint density at radius 3 is 2.70 bits per heavy atom. The highest BCUT2D eigenvalue weighted by atomic mass is 35.5. The third-order valence-corrected chi connectivity index (χ3v) is 3.19. The van der Waals surface area contributed by atoms with Gasteiger partial charge in [-0.1, -0.05) is 23.7 Å². The minimum Gasteiger partial charge on any atom is -0.378 e. The first-order valence-electron chi connectivity index (χ1n) is 5.93. The second-order valence-corrected chi connectivity index (χ2v) is 4.75. The van der Waals surface area contributed by atoms with Gasteiger partial charge in [-0.3, -0.25) is 10.1 Å². The Labute approximate surface area is 120 Å². The fourth-order valence-electron chi connectivity index (χ4n) is 1.82. The smallest absolute Gasteiger partial charge is 0.271 e. The first kappa shape index (κ1) is 14.3. The molecule has 0 spiro atoms. The molecule has 0 saturated heterocycles. The van der Waals surface area contributed by atoms with E-state index in [1.54, 1.807) is 18.2 Å². The van der Waals surface area contributed by atoms with Crippen molar-refractivity contribution in [3.8, 4) is 0 Å². The topological polar surface area (TPSA) is 55.2 Å². The van der Waals surface area contributed by atoms with E-state index in [1.165, 1.54) is 24.3 Å². The summed E-state index contributed by atoms with van der Waals surface area (Å²) in [4.78, 5) is 10.2. The molecular formula is C14H12ClFN2O2. The van der Waals surface area contributed by atoms with Gasteiger partial charge in [-0.25, -0.2) is 4.39 Å². The van der Waals surface area contributed by atoms with Crippen molar-refractivity contribution in [1.82, 2.24) is 0 Å². The molecule has 104 valence electrons. The third-order valence-electron chi connectivity index (χ3n) is 2.88. The summed E-state index contributed by atoms with van der Waals surface area (Å²) in [7, 11) is 0. The molecule has 0 saturated carbocycles. The molecule has 0 aliphatic carbocycles. The van der Waals surface area contributed by atoms with E-state index in [2.05, 4.69) is 5.32 Å². The Morgan fingerprint density at radius 2 is 2.05 bits per heavy atom. The lowest BCUT2D eigenvalue weighted by atomic mass is 10.1. The molecule has 0 fully saturated rings. The maximum Gasteiger partial charge on any atom is 0.271 e. The first-order chi connectivity index (χ1) is 9.47. The van der Waals surface area contributed by atoms with Gasteiger partial charge in [0, 0.05) is 23.9 Å². The van der Waals surface area contributed by atoms with Crippen molar-refractivity contribution in [2.75, 3.05) is 5.32 Å². The average Bonchev–Trinajstić information content (AvgIpc) is 2.42. The summed E-state index contributed by atoms with van der Waals surface area (Å²) in [6.45, 7) is 1.83. The van der Waals surface area contributed by atoms with Crippen LogP contribution < -0.4 is 5.32 Å². The van der Waals surface area contributed by atoms with E-state index in [1.807, 2.05) is 6.92 Å². The van der Waals surface area contributed by atoms with Gasteiger partial charge in [0.05, 0.1) is 9.95 Å². The summed E-state index contributed by atoms with van der Waals surface area (Å²) in [6, 6.07) is 10.5. The van der Waals surface area contributed by atoms with E-state index in [-0.39, 0.29) is 16.8 Å². The van der Waals surface area contributed by atoms with Gasteiger partial charge >= 0.3 is 0 Å².